The highest BCUT2D eigenvalue weighted by Gasteiger charge is 2.25. The van der Waals surface area contributed by atoms with Gasteiger partial charge in [-0.3, -0.25) is 0 Å². The third kappa shape index (κ3) is 1.92. The topological polar surface area (TPSA) is 35.5 Å². The molecule has 0 saturated heterocycles. The number of esters is 1. The van der Waals surface area contributed by atoms with Crippen LogP contribution in [0.1, 0.15) is 22.8 Å². The molecule has 3 nitrogen and oxygen atoms in total. The van der Waals surface area contributed by atoms with Crippen molar-refractivity contribution in [1.82, 2.24) is 0 Å². The molecule has 0 spiro atoms. The zero-order chi connectivity index (χ0) is 11.7. The molecule has 0 saturated carbocycles. The van der Waals surface area contributed by atoms with Crippen molar-refractivity contribution in [3.63, 3.8) is 0 Å². The summed E-state index contributed by atoms with van der Waals surface area (Å²) in [4.78, 5) is 11.6. The Morgan fingerprint density at radius 3 is 3.12 bits per heavy atom. The molecule has 86 valence electrons. The number of hydrogen-bond acceptors (Lipinski definition) is 3. The minimum atomic E-state index is -0.425. The summed E-state index contributed by atoms with van der Waals surface area (Å²) in [7, 11) is 0. The minimum Gasteiger partial charge on any atom is -0.491 e. The van der Waals surface area contributed by atoms with Gasteiger partial charge in [0.1, 0.15) is 5.75 Å². The molecule has 1 aliphatic rings. The highest BCUT2D eigenvalue weighted by molar-refractivity contribution is 9.10. The fourth-order valence-corrected chi connectivity index (χ4v) is 2.54. The summed E-state index contributed by atoms with van der Waals surface area (Å²) < 4.78 is 11.2. The maximum absolute atomic E-state index is 11.6. The molecule has 0 radical (unpaired) electrons. The molecular formula is C11H10BrClO3. The average Bonchev–Trinajstić information content (AvgIpc) is 2.73. The van der Waals surface area contributed by atoms with Gasteiger partial charge in [0.15, 0.2) is 0 Å². The fraction of sp³-hybridized carbons (Fsp3) is 0.364. The molecule has 1 aromatic carbocycles. The van der Waals surface area contributed by atoms with Crippen LogP contribution in [-0.4, -0.2) is 19.2 Å². The lowest BCUT2D eigenvalue weighted by Crippen LogP contribution is -2.06. The average molecular weight is 306 g/mol. The molecule has 0 unspecified atom stereocenters. The first-order chi connectivity index (χ1) is 7.65. The molecule has 16 heavy (non-hydrogen) atoms. The van der Waals surface area contributed by atoms with E-state index in [4.69, 9.17) is 21.1 Å². The standard InChI is InChI=1S/C11H10BrClO3/c1-2-15-11(14)7-5-8(12)6-3-4-16-10(6)9(7)13/h5H,2-4H2,1H3. The molecule has 0 N–H and O–H groups in total. The Balaban J connectivity index is 2.48. The summed E-state index contributed by atoms with van der Waals surface area (Å²) in [5.41, 5.74) is 1.36. The Morgan fingerprint density at radius 2 is 2.44 bits per heavy atom. The summed E-state index contributed by atoms with van der Waals surface area (Å²) in [6, 6.07) is 1.69. The molecule has 5 heteroatoms. The van der Waals surface area contributed by atoms with Gasteiger partial charge in [0, 0.05) is 16.5 Å². The van der Waals surface area contributed by atoms with E-state index in [1.807, 2.05) is 0 Å². The summed E-state index contributed by atoms with van der Waals surface area (Å²) in [6.07, 6.45) is 0.804. The number of ether oxygens (including phenoxy) is 2. The van der Waals surface area contributed by atoms with Crippen LogP contribution < -0.4 is 4.74 Å². The van der Waals surface area contributed by atoms with Crippen molar-refractivity contribution in [1.29, 1.82) is 0 Å². The second-order valence-electron chi connectivity index (χ2n) is 3.35. The molecule has 2 rings (SSSR count). The highest BCUT2D eigenvalue weighted by atomic mass is 79.9. The molecular weight excluding hydrogens is 295 g/mol. The molecule has 0 fully saturated rings. The third-order valence-electron chi connectivity index (χ3n) is 2.36. The number of hydrogen-bond donors (Lipinski definition) is 0. The molecule has 1 heterocycles. The van der Waals surface area contributed by atoms with Gasteiger partial charge >= 0.3 is 5.97 Å². The van der Waals surface area contributed by atoms with E-state index in [0.29, 0.717) is 29.5 Å². The van der Waals surface area contributed by atoms with Crippen LogP contribution in [0.4, 0.5) is 0 Å². The van der Waals surface area contributed by atoms with E-state index >= 15 is 0 Å². The summed E-state index contributed by atoms with van der Waals surface area (Å²) >= 11 is 9.52. The van der Waals surface area contributed by atoms with Crippen LogP contribution in [0.25, 0.3) is 0 Å². The number of carbonyl (C=O) groups excluding carboxylic acids is 1. The Kier molecular flexibility index (Phi) is 3.40. The van der Waals surface area contributed by atoms with Crippen molar-refractivity contribution in [3.8, 4) is 5.75 Å². The molecule has 0 aromatic heterocycles. The summed E-state index contributed by atoms with van der Waals surface area (Å²) in [5, 5.41) is 0.342. The van der Waals surface area contributed by atoms with Crippen LogP contribution >= 0.6 is 27.5 Å². The van der Waals surface area contributed by atoms with Gasteiger partial charge in [-0.25, -0.2) is 4.79 Å². The van der Waals surface area contributed by atoms with Gasteiger partial charge in [0.25, 0.3) is 0 Å². The molecule has 0 bridgehead atoms. The van der Waals surface area contributed by atoms with Gasteiger partial charge in [0.05, 0.1) is 23.8 Å². The molecule has 1 aliphatic heterocycles. The number of halogens is 2. The maximum Gasteiger partial charge on any atom is 0.339 e. The van der Waals surface area contributed by atoms with E-state index < -0.39 is 5.97 Å². The fourth-order valence-electron chi connectivity index (χ4n) is 1.64. The second-order valence-corrected chi connectivity index (χ2v) is 4.58. The Bertz CT molecular complexity index is 445. The first-order valence-corrected chi connectivity index (χ1v) is 6.13. The number of carbonyl (C=O) groups is 1. The third-order valence-corrected chi connectivity index (χ3v) is 3.45. The van der Waals surface area contributed by atoms with Gasteiger partial charge in [-0.2, -0.15) is 0 Å². The monoisotopic (exact) mass is 304 g/mol. The smallest absolute Gasteiger partial charge is 0.339 e. The largest absolute Gasteiger partial charge is 0.491 e. The minimum absolute atomic E-state index is 0.324. The zero-order valence-corrected chi connectivity index (χ0v) is 11.0. The van der Waals surface area contributed by atoms with Gasteiger partial charge in [0.2, 0.25) is 0 Å². The SMILES string of the molecule is CCOC(=O)c1cc(Br)c2c(c1Cl)OCC2. The summed E-state index contributed by atoms with van der Waals surface area (Å²) in [5.74, 6) is 0.172. The number of fused-ring (bicyclic) bond motifs is 1. The van der Waals surface area contributed by atoms with Crippen molar-refractivity contribution in [2.75, 3.05) is 13.2 Å². The first kappa shape index (κ1) is 11.7. The van der Waals surface area contributed by atoms with Gasteiger partial charge in [-0.1, -0.05) is 27.5 Å². The van der Waals surface area contributed by atoms with E-state index in [9.17, 15) is 4.79 Å². The van der Waals surface area contributed by atoms with E-state index in [0.717, 1.165) is 16.5 Å². The normalized spacial score (nSPS) is 13.2. The highest BCUT2D eigenvalue weighted by Crippen LogP contribution is 2.40. The molecule has 1 aromatic rings. The number of benzene rings is 1. The van der Waals surface area contributed by atoms with Crippen molar-refractivity contribution in [2.45, 2.75) is 13.3 Å². The van der Waals surface area contributed by atoms with Gasteiger partial charge in [-0.15, -0.1) is 0 Å². The van der Waals surface area contributed by atoms with E-state index in [2.05, 4.69) is 15.9 Å². The molecule has 0 aliphatic carbocycles. The lowest BCUT2D eigenvalue weighted by Gasteiger charge is -2.09. The molecule has 0 amide bonds. The predicted molar refractivity (Wildman–Crippen MR) is 64.3 cm³/mol. The Labute approximate surface area is 107 Å². The van der Waals surface area contributed by atoms with Crippen molar-refractivity contribution in [2.24, 2.45) is 0 Å². The summed E-state index contributed by atoms with van der Waals surface area (Å²) in [6.45, 7) is 2.68. The van der Waals surface area contributed by atoms with Crippen molar-refractivity contribution in [3.05, 3.63) is 26.7 Å². The maximum atomic E-state index is 11.6. The van der Waals surface area contributed by atoms with Crippen LogP contribution in [0.5, 0.6) is 5.75 Å². The van der Waals surface area contributed by atoms with Crippen LogP contribution in [0.2, 0.25) is 5.02 Å². The molecule has 0 atom stereocenters. The lowest BCUT2D eigenvalue weighted by molar-refractivity contribution is 0.0526. The van der Waals surface area contributed by atoms with Crippen LogP contribution in [-0.2, 0) is 11.2 Å². The second kappa shape index (κ2) is 4.63. The van der Waals surface area contributed by atoms with Crippen molar-refractivity contribution >= 4 is 33.5 Å². The van der Waals surface area contributed by atoms with Gasteiger partial charge < -0.3 is 9.47 Å². The van der Waals surface area contributed by atoms with Crippen molar-refractivity contribution < 1.29 is 14.3 Å². The van der Waals surface area contributed by atoms with Gasteiger partial charge in [-0.05, 0) is 13.0 Å². The van der Waals surface area contributed by atoms with Crippen LogP contribution in [0, 0.1) is 0 Å². The Morgan fingerprint density at radius 1 is 1.69 bits per heavy atom. The van der Waals surface area contributed by atoms with E-state index in [1.54, 1.807) is 13.0 Å². The van der Waals surface area contributed by atoms with Crippen LogP contribution in [0.15, 0.2) is 10.5 Å². The Hall–Kier alpha value is -0.740. The van der Waals surface area contributed by atoms with E-state index in [-0.39, 0.29) is 0 Å². The quantitative estimate of drug-likeness (QED) is 0.787. The van der Waals surface area contributed by atoms with E-state index in [1.165, 1.54) is 0 Å². The zero-order valence-electron chi connectivity index (χ0n) is 8.68. The lowest BCUT2D eigenvalue weighted by atomic mass is 10.1. The number of rotatable bonds is 2. The van der Waals surface area contributed by atoms with Crippen LogP contribution in [0.3, 0.4) is 0 Å². The first-order valence-electron chi connectivity index (χ1n) is 4.96. The predicted octanol–water partition coefficient (Wildman–Crippen LogP) is 3.21.